The van der Waals surface area contributed by atoms with Gasteiger partial charge in [0.25, 0.3) is 0 Å². The molecule has 0 rings (SSSR count). The van der Waals surface area contributed by atoms with Crippen molar-refractivity contribution in [1.82, 2.24) is 0 Å². The van der Waals surface area contributed by atoms with Crippen LogP contribution < -0.4 is 0 Å². The van der Waals surface area contributed by atoms with Crippen molar-refractivity contribution in [3.8, 4) is 0 Å². The molecule has 0 aliphatic heterocycles. The molecule has 0 aliphatic carbocycles. The van der Waals surface area contributed by atoms with Crippen LogP contribution in [0.2, 0.25) is 0 Å². The van der Waals surface area contributed by atoms with Gasteiger partial charge in [-0.3, -0.25) is 8.42 Å². The topological polar surface area (TPSA) is 80.3 Å². The van der Waals surface area contributed by atoms with Crippen LogP contribution in [0.1, 0.15) is 0 Å². The molecule has 0 bridgehead atoms. The molecule has 0 aromatic rings. The molecule has 39 valence electrons. The standard InChI is InChI=1S/H2O4S.Re/c1-5(2,3)4;/h(H2,1,2,3,4);/p-2. The van der Waals surface area contributed by atoms with Crippen molar-refractivity contribution >= 4 is 10.4 Å². The Hall–Kier alpha value is 0.532. The second-order valence-corrected chi connectivity index (χ2v) is 1.22. The Balaban J connectivity index is 0. The Morgan fingerprint density at radius 3 is 1.17 bits per heavy atom. The van der Waals surface area contributed by atoms with Crippen molar-refractivity contribution in [3.63, 3.8) is 0 Å². The molecule has 0 heterocycles. The van der Waals surface area contributed by atoms with Gasteiger partial charge >= 0.3 is 0 Å². The molecule has 0 aliphatic rings. The van der Waals surface area contributed by atoms with E-state index in [2.05, 4.69) is 0 Å². The van der Waals surface area contributed by atoms with Gasteiger partial charge in [-0.2, -0.15) is 0 Å². The Morgan fingerprint density at radius 1 is 1.17 bits per heavy atom. The molecule has 1 radical (unpaired) electrons. The van der Waals surface area contributed by atoms with Crippen molar-refractivity contribution in [2.75, 3.05) is 0 Å². The van der Waals surface area contributed by atoms with Crippen LogP contribution in [0.5, 0.6) is 0 Å². The van der Waals surface area contributed by atoms with Gasteiger partial charge in [0.1, 0.15) is 0 Å². The van der Waals surface area contributed by atoms with Gasteiger partial charge in [0.05, 0.1) is 0 Å². The molecule has 0 atom stereocenters. The molecule has 0 aromatic heterocycles. The van der Waals surface area contributed by atoms with Gasteiger partial charge in [0.2, 0.25) is 0 Å². The molecule has 0 fully saturated rings. The molecule has 0 spiro atoms. The third kappa shape index (κ3) is 200. The fourth-order valence-electron chi connectivity index (χ4n) is 0. The average Bonchev–Trinajstić information content (AvgIpc) is 0.722. The van der Waals surface area contributed by atoms with Gasteiger partial charge in [-0.1, -0.05) is 0 Å². The summed E-state index contributed by atoms with van der Waals surface area (Å²) in [6, 6.07) is 0. The maximum atomic E-state index is 8.52. The minimum atomic E-state index is -5.17. The first-order valence-electron chi connectivity index (χ1n) is 0.667. The molecule has 6 heavy (non-hydrogen) atoms. The SMILES string of the molecule is O=S(=O)([O-])[O-].[Re]. The van der Waals surface area contributed by atoms with E-state index in [-0.39, 0.29) is 20.4 Å². The zero-order valence-corrected chi connectivity index (χ0v) is 5.95. The van der Waals surface area contributed by atoms with Gasteiger partial charge in [-0.25, -0.2) is 0 Å². The first-order valence-corrected chi connectivity index (χ1v) is 2.00. The van der Waals surface area contributed by atoms with E-state index in [0.717, 1.165) is 0 Å². The summed E-state index contributed by atoms with van der Waals surface area (Å²) < 4.78 is 34.1. The van der Waals surface area contributed by atoms with E-state index in [0.29, 0.717) is 0 Å². The van der Waals surface area contributed by atoms with E-state index in [1.165, 1.54) is 0 Å². The Morgan fingerprint density at radius 2 is 1.17 bits per heavy atom. The molecule has 0 saturated heterocycles. The molecule has 4 nitrogen and oxygen atoms in total. The smallest absolute Gasteiger partial charge is 0.0311 e. The molecule has 0 aromatic carbocycles. The first-order chi connectivity index (χ1) is 2.00. The minimum absolute atomic E-state index is 0. The van der Waals surface area contributed by atoms with Gasteiger partial charge < -0.3 is 9.11 Å². The van der Waals surface area contributed by atoms with Crippen molar-refractivity contribution < 1.29 is 37.9 Å². The van der Waals surface area contributed by atoms with Gasteiger partial charge in [0, 0.05) is 30.8 Å². The summed E-state index contributed by atoms with van der Waals surface area (Å²) in [7, 11) is -5.17. The Labute approximate surface area is 48.8 Å². The fraction of sp³-hybridized carbons (Fsp3) is 0. The molecule has 6 heteroatoms. The van der Waals surface area contributed by atoms with E-state index >= 15 is 0 Å². The average molecular weight is 282 g/mol. The summed E-state index contributed by atoms with van der Waals surface area (Å²) >= 11 is 0. The van der Waals surface area contributed by atoms with Crippen LogP contribution in [0.15, 0.2) is 0 Å². The molecular formula is O4ReS-2. The van der Waals surface area contributed by atoms with Crippen molar-refractivity contribution in [2.24, 2.45) is 0 Å². The van der Waals surface area contributed by atoms with Crippen molar-refractivity contribution in [1.29, 1.82) is 0 Å². The van der Waals surface area contributed by atoms with Crippen LogP contribution in [0.4, 0.5) is 0 Å². The van der Waals surface area contributed by atoms with E-state index in [1.54, 1.807) is 0 Å². The normalized spacial score (nSPS) is 9.67. The molecule has 0 N–H and O–H groups in total. The summed E-state index contributed by atoms with van der Waals surface area (Å²) in [5.41, 5.74) is 0. The predicted molar refractivity (Wildman–Crippen MR) is 10.5 cm³/mol. The second-order valence-electron chi connectivity index (χ2n) is 0.408. The second kappa shape index (κ2) is 2.66. The zero-order chi connectivity index (χ0) is 4.50. The molecule has 0 amide bonds. The van der Waals surface area contributed by atoms with E-state index in [9.17, 15) is 0 Å². The van der Waals surface area contributed by atoms with Gasteiger partial charge in [-0.15, -0.1) is 0 Å². The van der Waals surface area contributed by atoms with E-state index in [4.69, 9.17) is 17.5 Å². The third-order valence-corrected chi connectivity index (χ3v) is 0. The summed E-state index contributed by atoms with van der Waals surface area (Å²) in [5.74, 6) is 0. The molecule has 0 saturated carbocycles. The van der Waals surface area contributed by atoms with Crippen LogP contribution in [-0.2, 0) is 30.8 Å². The summed E-state index contributed by atoms with van der Waals surface area (Å²) in [6.07, 6.45) is 0. The van der Waals surface area contributed by atoms with Crippen molar-refractivity contribution in [2.45, 2.75) is 0 Å². The Kier molecular flexibility index (Phi) is 4.32. The van der Waals surface area contributed by atoms with E-state index in [1.807, 2.05) is 0 Å². The third-order valence-electron chi connectivity index (χ3n) is 0. The van der Waals surface area contributed by atoms with Crippen LogP contribution in [0.25, 0.3) is 0 Å². The van der Waals surface area contributed by atoms with Crippen molar-refractivity contribution in [3.05, 3.63) is 0 Å². The quantitative estimate of drug-likeness (QED) is 0.407. The summed E-state index contributed by atoms with van der Waals surface area (Å²) in [4.78, 5) is 0. The van der Waals surface area contributed by atoms with Gasteiger partial charge in [-0.05, 0) is 0 Å². The maximum Gasteiger partial charge on any atom is 0.0311 e. The predicted octanol–water partition coefficient (Wildman–Crippen LogP) is -1.34. The van der Waals surface area contributed by atoms with Crippen LogP contribution in [0, 0.1) is 0 Å². The fourth-order valence-corrected chi connectivity index (χ4v) is 0. The summed E-state index contributed by atoms with van der Waals surface area (Å²) in [6.45, 7) is 0. The minimum Gasteiger partial charge on any atom is -0.759 e. The monoisotopic (exact) mass is 283 g/mol. The number of hydrogen-bond donors (Lipinski definition) is 0. The molecule has 0 unspecified atom stereocenters. The zero-order valence-electron chi connectivity index (χ0n) is 2.42. The summed E-state index contributed by atoms with van der Waals surface area (Å²) in [5, 5.41) is 0. The molecular weight excluding hydrogens is 282 g/mol. The van der Waals surface area contributed by atoms with Crippen LogP contribution in [-0.4, -0.2) is 17.5 Å². The van der Waals surface area contributed by atoms with Crippen LogP contribution >= 0.6 is 0 Å². The first kappa shape index (κ1) is 9.73. The van der Waals surface area contributed by atoms with E-state index < -0.39 is 10.4 Å². The maximum absolute atomic E-state index is 8.52. The number of rotatable bonds is 0. The van der Waals surface area contributed by atoms with Crippen LogP contribution in [0.3, 0.4) is 0 Å². The van der Waals surface area contributed by atoms with Gasteiger partial charge in [0.15, 0.2) is 0 Å². The number of hydrogen-bond acceptors (Lipinski definition) is 4. The largest absolute Gasteiger partial charge is 0.759 e. The Bertz CT molecular complexity index is 90.7.